The number of piperidine rings is 1. The first-order chi connectivity index (χ1) is 9.91. The Morgan fingerprint density at radius 1 is 1.29 bits per heavy atom. The fourth-order valence-electron chi connectivity index (χ4n) is 2.82. The highest BCUT2D eigenvalue weighted by molar-refractivity contribution is 5.67. The van der Waals surface area contributed by atoms with Gasteiger partial charge in [-0.15, -0.1) is 0 Å². The van der Waals surface area contributed by atoms with Gasteiger partial charge >= 0.3 is 0 Å². The van der Waals surface area contributed by atoms with Gasteiger partial charge in [0, 0.05) is 24.7 Å². The highest BCUT2D eigenvalue weighted by Crippen LogP contribution is 2.36. The van der Waals surface area contributed by atoms with Crippen molar-refractivity contribution in [2.45, 2.75) is 38.3 Å². The maximum absolute atomic E-state index is 11.2. The molecule has 2 N–H and O–H groups in total. The molecule has 8 heteroatoms. The van der Waals surface area contributed by atoms with Crippen molar-refractivity contribution in [3.05, 3.63) is 38.4 Å². The van der Waals surface area contributed by atoms with Gasteiger partial charge < -0.3 is 10.6 Å². The molecule has 1 fully saturated rings. The lowest BCUT2D eigenvalue weighted by molar-refractivity contribution is -0.393. The summed E-state index contributed by atoms with van der Waals surface area (Å²) in [7, 11) is 0. The topological polar surface area (TPSA) is 116 Å². The number of hydrogen-bond donors (Lipinski definition) is 1. The second-order valence-corrected chi connectivity index (χ2v) is 5.30. The number of nitrogens with zero attached hydrogens (tertiary/aromatic N) is 3. The van der Waals surface area contributed by atoms with Gasteiger partial charge in [-0.05, 0) is 32.3 Å². The number of nitrogens with two attached hydrogens (primary N) is 1. The SMILES string of the molecule is CC(N)C1CCCCN1c1ccc([N+](=O)[O-])cc1[N+](=O)[O-]. The summed E-state index contributed by atoms with van der Waals surface area (Å²) in [6, 6.07) is 3.66. The van der Waals surface area contributed by atoms with E-state index in [-0.39, 0.29) is 23.5 Å². The van der Waals surface area contributed by atoms with Crippen LogP contribution >= 0.6 is 0 Å². The molecule has 1 aliphatic rings. The average molecular weight is 294 g/mol. The largest absolute Gasteiger partial charge is 0.361 e. The lowest BCUT2D eigenvalue weighted by atomic mass is 9.96. The van der Waals surface area contributed by atoms with Gasteiger partial charge in [0.2, 0.25) is 0 Å². The number of nitro benzene ring substituents is 2. The van der Waals surface area contributed by atoms with E-state index in [1.54, 1.807) is 0 Å². The van der Waals surface area contributed by atoms with Crippen LogP contribution in [0.4, 0.5) is 17.1 Å². The van der Waals surface area contributed by atoms with E-state index in [1.807, 2.05) is 11.8 Å². The second kappa shape index (κ2) is 6.04. The van der Waals surface area contributed by atoms with Crippen LogP contribution in [-0.4, -0.2) is 28.5 Å². The van der Waals surface area contributed by atoms with Crippen molar-refractivity contribution in [1.82, 2.24) is 0 Å². The van der Waals surface area contributed by atoms with Crippen molar-refractivity contribution in [2.24, 2.45) is 5.73 Å². The summed E-state index contributed by atoms with van der Waals surface area (Å²) in [5.41, 5.74) is 5.87. The van der Waals surface area contributed by atoms with E-state index < -0.39 is 9.85 Å². The van der Waals surface area contributed by atoms with Crippen LogP contribution in [0.15, 0.2) is 18.2 Å². The summed E-state index contributed by atoms with van der Waals surface area (Å²) in [6.45, 7) is 2.55. The molecular formula is C13H18N4O4. The van der Waals surface area contributed by atoms with E-state index in [2.05, 4.69) is 0 Å². The first kappa shape index (κ1) is 15.2. The zero-order valence-electron chi connectivity index (χ0n) is 11.8. The summed E-state index contributed by atoms with van der Waals surface area (Å²) in [4.78, 5) is 22.7. The zero-order valence-corrected chi connectivity index (χ0v) is 11.8. The monoisotopic (exact) mass is 294 g/mol. The van der Waals surface area contributed by atoms with Crippen molar-refractivity contribution in [3.8, 4) is 0 Å². The standard InChI is InChI=1S/C13H18N4O4/c1-9(14)11-4-2-3-7-15(11)12-6-5-10(16(18)19)8-13(12)17(20)21/h5-6,8-9,11H,2-4,7,14H2,1H3. The molecule has 0 amide bonds. The predicted octanol–water partition coefficient (Wildman–Crippen LogP) is 2.21. The van der Waals surface area contributed by atoms with Crippen molar-refractivity contribution in [3.63, 3.8) is 0 Å². The molecule has 1 aromatic rings. The zero-order chi connectivity index (χ0) is 15.6. The summed E-state index contributed by atoms with van der Waals surface area (Å²) >= 11 is 0. The normalized spacial score (nSPS) is 20.1. The minimum Gasteiger partial charge on any atom is -0.361 e. The van der Waals surface area contributed by atoms with Crippen LogP contribution in [0.3, 0.4) is 0 Å². The molecule has 2 rings (SSSR count). The molecule has 0 aliphatic carbocycles. The fourth-order valence-corrected chi connectivity index (χ4v) is 2.82. The van der Waals surface area contributed by atoms with Crippen molar-refractivity contribution in [1.29, 1.82) is 0 Å². The molecule has 1 saturated heterocycles. The fraction of sp³-hybridized carbons (Fsp3) is 0.538. The molecule has 114 valence electrons. The summed E-state index contributed by atoms with van der Waals surface area (Å²) in [6.07, 6.45) is 2.83. The second-order valence-electron chi connectivity index (χ2n) is 5.30. The molecule has 1 aliphatic heterocycles. The van der Waals surface area contributed by atoms with Crippen LogP contribution in [0.2, 0.25) is 0 Å². The van der Waals surface area contributed by atoms with E-state index >= 15 is 0 Å². The maximum atomic E-state index is 11.2. The molecule has 8 nitrogen and oxygen atoms in total. The highest BCUT2D eigenvalue weighted by atomic mass is 16.6. The molecule has 2 atom stereocenters. The number of hydrogen-bond acceptors (Lipinski definition) is 6. The number of non-ortho nitro benzene ring substituents is 1. The Morgan fingerprint density at radius 2 is 2.00 bits per heavy atom. The van der Waals surface area contributed by atoms with Gasteiger partial charge in [0.1, 0.15) is 5.69 Å². The van der Waals surface area contributed by atoms with Gasteiger partial charge in [0.05, 0.1) is 15.9 Å². The Hall–Kier alpha value is -2.22. The molecule has 0 bridgehead atoms. The molecule has 0 spiro atoms. The van der Waals surface area contributed by atoms with Crippen LogP contribution in [0.25, 0.3) is 0 Å². The van der Waals surface area contributed by atoms with Gasteiger partial charge in [0.15, 0.2) is 0 Å². The lowest BCUT2D eigenvalue weighted by Gasteiger charge is -2.39. The predicted molar refractivity (Wildman–Crippen MR) is 78.4 cm³/mol. The summed E-state index contributed by atoms with van der Waals surface area (Å²) < 4.78 is 0. The van der Waals surface area contributed by atoms with Crippen LogP contribution in [0.5, 0.6) is 0 Å². The first-order valence-electron chi connectivity index (χ1n) is 6.87. The molecule has 21 heavy (non-hydrogen) atoms. The third-order valence-corrected chi connectivity index (χ3v) is 3.83. The quantitative estimate of drug-likeness (QED) is 0.672. The molecule has 0 saturated carbocycles. The Kier molecular flexibility index (Phi) is 4.37. The van der Waals surface area contributed by atoms with Crippen molar-refractivity contribution >= 4 is 17.1 Å². The molecule has 0 aromatic heterocycles. The molecule has 1 heterocycles. The molecule has 2 unspecified atom stereocenters. The minimum atomic E-state index is -0.629. The van der Waals surface area contributed by atoms with Gasteiger partial charge in [-0.25, -0.2) is 0 Å². The molecule has 1 aromatic carbocycles. The number of anilines is 1. The minimum absolute atomic E-state index is 0.0129. The van der Waals surface area contributed by atoms with Gasteiger partial charge in [0.25, 0.3) is 11.4 Å². The van der Waals surface area contributed by atoms with Gasteiger partial charge in [-0.3, -0.25) is 20.2 Å². The van der Waals surface area contributed by atoms with Gasteiger partial charge in [-0.1, -0.05) is 0 Å². The van der Waals surface area contributed by atoms with E-state index in [9.17, 15) is 20.2 Å². The Balaban J connectivity index is 2.46. The first-order valence-corrected chi connectivity index (χ1v) is 6.87. The highest BCUT2D eigenvalue weighted by Gasteiger charge is 2.31. The molecular weight excluding hydrogens is 276 g/mol. The summed E-state index contributed by atoms with van der Waals surface area (Å²) in [5.74, 6) is 0. The van der Waals surface area contributed by atoms with Crippen molar-refractivity contribution < 1.29 is 9.85 Å². The Bertz CT molecular complexity index is 561. The summed E-state index contributed by atoms with van der Waals surface area (Å²) in [5, 5.41) is 22.0. The smallest absolute Gasteiger partial charge is 0.299 e. The Labute approximate surface area is 121 Å². The van der Waals surface area contributed by atoms with E-state index in [4.69, 9.17) is 5.73 Å². The van der Waals surface area contributed by atoms with Crippen LogP contribution < -0.4 is 10.6 Å². The number of benzene rings is 1. The van der Waals surface area contributed by atoms with E-state index in [0.717, 1.165) is 25.3 Å². The van der Waals surface area contributed by atoms with E-state index in [0.29, 0.717) is 12.2 Å². The number of nitro groups is 2. The lowest BCUT2D eigenvalue weighted by Crippen LogP contribution is -2.49. The third kappa shape index (κ3) is 3.10. The van der Waals surface area contributed by atoms with Crippen LogP contribution in [0.1, 0.15) is 26.2 Å². The van der Waals surface area contributed by atoms with Crippen molar-refractivity contribution in [2.75, 3.05) is 11.4 Å². The third-order valence-electron chi connectivity index (χ3n) is 3.83. The average Bonchev–Trinajstić information content (AvgIpc) is 2.46. The maximum Gasteiger partial charge on any atom is 0.299 e. The van der Waals surface area contributed by atoms with Crippen LogP contribution in [-0.2, 0) is 0 Å². The van der Waals surface area contributed by atoms with Gasteiger partial charge in [-0.2, -0.15) is 0 Å². The molecule has 0 radical (unpaired) electrons. The van der Waals surface area contributed by atoms with E-state index in [1.165, 1.54) is 12.1 Å². The Morgan fingerprint density at radius 3 is 2.57 bits per heavy atom. The van der Waals surface area contributed by atoms with Crippen LogP contribution in [0, 0.1) is 20.2 Å². The number of rotatable bonds is 4.